The van der Waals surface area contributed by atoms with Gasteiger partial charge in [0.2, 0.25) is 0 Å². The standard InChI is InChI=1S/C14H20N2/c1-12-3-5-13(6-4-12)16-8-7-14(11-16)9-15(2)10-14/h3-6H,7-11H2,1-2H3. The molecule has 0 N–H and O–H groups in total. The molecule has 16 heavy (non-hydrogen) atoms. The van der Waals surface area contributed by atoms with Gasteiger partial charge < -0.3 is 9.80 Å². The number of nitrogens with zero attached hydrogens (tertiary/aromatic N) is 2. The Morgan fingerprint density at radius 2 is 1.75 bits per heavy atom. The lowest BCUT2D eigenvalue weighted by atomic mass is 9.79. The summed E-state index contributed by atoms with van der Waals surface area (Å²) >= 11 is 0. The van der Waals surface area contributed by atoms with Gasteiger partial charge in [-0.1, -0.05) is 17.7 Å². The number of benzene rings is 1. The molecule has 0 radical (unpaired) electrons. The minimum Gasteiger partial charge on any atom is -0.371 e. The number of anilines is 1. The van der Waals surface area contributed by atoms with E-state index in [1.54, 1.807) is 0 Å². The summed E-state index contributed by atoms with van der Waals surface area (Å²) in [5.41, 5.74) is 3.36. The Morgan fingerprint density at radius 1 is 1.06 bits per heavy atom. The van der Waals surface area contributed by atoms with E-state index in [2.05, 4.69) is 48.0 Å². The first-order chi connectivity index (χ1) is 7.67. The molecule has 0 bridgehead atoms. The van der Waals surface area contributed by atoms with Crippen molar-refractivity contribution in [1.29, 1.82) is 0 Å². The fraction of sp³-hybridized carbons (Fsp3) is 0.571. The van der Waals surface area contributed by atoms with Crippen molar-refractivity contribution in [3.05, 3.63) is 29.8 Å². The maximum Gasteiger partial charge on any atom is 0.0366 e. The van der Waals surface area contributed by atoms with Crippen molar-refractivity contribution in [3.8, 4) is 0 Å². The molecule has 2 aliphatic rings. The molecule has 0 amide bonds. The zero-order valence-electron chi connectivity index (χ0n) is 10.2. The fourth-order valence-electron chi connectivity index (χ4n) is 3.27. The second kappa shape index (κ2) is 3.49. The van der Waals surface area contributed by atoms with Crippen LogP contribution in [-0.4, -0.2) is 38.1 Å². The van der Waals surface area contributed by atoms with Crippen LogP contribution in [0.1, 0.15) is 12.0 Å². The van der Waals surface area contributed by atoms with Crippen LogP contribution in [0.2, 0.25) is 0 Å². The predicted molar refractivity (Wildman–Crippen MR) is 67.9 cm³/mol. The van der Waals surface area contributed by atoms with Gasteiger partial charge in [0, 0.05) is 37.3 Å². The van der Waals surface area contributed by atoms with E-state index in [1.165, 1.54) is 43.9 Å². The van der Waals surface area contributed by atoms with Crippen LogP contribution in [0.5, 0.6) is 0 Å². The summed E-state index contributed by atoms with van der Waals surface area (Å²) in [4.78, 5) is 4.98. The van der Waals surface area contributed by atoms with E-state index >= 15 is 0 Å². The molecule has 2 saturated heterocycles. The second-order valence-corrected chi connectivity index (χ2v) is 5.68. The molecule has 1 aromatic rings. The minimum absolute atomic E-state index is 0.611. The second-order valence-electron chi connectivity index (χ2n) is 5.68. The quantitative estimate of drug-likeness (QED) is 0.709. The van der Waals surface area contributed by atoms with E-state index in [9.17, 15) is 0 Å². The van der Waals surface area contributed by atoms with Crippen molar-refractivity contribution in [2.75, 3.05) is 38.1 Å². The molecule has 1 spiro atoms. The molecule has 0 atom stereocenters. The fourth-order valence-corrected chi connectivity index (χ4v) is 3.27. The molecule has 2 heterocycles. The maximum atomic E-state index is 2.55. The summed E-state index contributed by atoms with van der Waals surface area (Å²) in [6.45, 7) is 7.21. The first-order valence-corrected chi connectivity index (χ1v) is 6.17. The molecule has 1 aromatic carbocycles. The van der Waals surface area contributed by atoms with Crippen LogP contribution in [-0.2, 0) is 0 Å². The van der Waals surface area contributed by atoms with Crippen LogP contribution in [0, 0.1) is 12.3 Å². The largest absolute Gasteiger partial charge is 0.371 e. The average Bonchev–Trinajstić information content (AvgIpc) is 2.63. The highest BCUT2D eigenvalue weighted by molar-refractivity contribution is 5.49. The Bertz CT molecular complexity index is 376. The normalized spacial score (nSPS) is 23.8. The van der Waals surface area contributed by atoms with Gasteiger partial charge in [-0.3, -0.25) is 0 Å². The molecular formula is C14H20N2. The van der Waals surface area contributed by atoms with Crippen LogP contribution >= 0.6 is 0 Å². The third kappa shape index (κ3) is 1.61. The van der Waals surface area contributed by atoms with Crippen molar-refractivity contribution in [2.24, 2.45) is 5.41 Å². The number of likely N-dealkylation sites (tertiary alicyclic amines) is 1. The topological polar surface area (TPSA) is 6.48 Å². The average molecular weight is 216 g/mol. The highest BCUT2D eigenvalue weighted by atomic mass is 15.3. The van der Waals surface area contributed by atoms with Gasteiger partial charge in [0.1, 0.15) is 0 Å². The number of hydrogen-bond donors (Lipinski definition) is 0. The van der Waals surface area contributed by atoms with Gasteiger partial charge in [-0.2, -0.15) is 0 Å². The molecule has 2 aliphatic heterocycles. The maximum absolute atomic E-state index is 2.55. The third-order valence-electron chi connectivity index (χ3n) is 4.05. The van der Waals surface area contributed by atoms with Gasteiger partial charge in [0.25, 0.3) is 0 Å². The molecule has 0 saturated carbocycles. The molecule has 0 aromatic heterocycles. The zero-order chi connectivity index (χ0) is 11.2. The van der Waals surface area contributed by atoms with Gasteiger partial charge in [-0.25, -0.2) is 0 Å². The molecule has 0 unspecified atom stereocenters. The SMILES string of the molecule is Cc1ccc(N2CCC3(CN(C)C3)C2)cc1. The van der Waals surface area contributed by atoms with E-state index < -0.39 is 0 Å². The Labute approximate surface area is 97.9 Å². The Kier molecular flexibility index (Phi) is 2.21. The molecule has 3 rings (SSSR count). The summed E-state index contributed by atoms with van der Waals surface area (Å²) in [5.74, 6) is 0. The van der Waals surface area contributed by atoms with Gasteiger partial charge in [0.05, 0.1) is 0 Å². The van der Waals surface area contributed by atoms with Crippen molar-refractivity contribution in [2.45, 2.75) is 13.3 Å². The number of aryl methyl sites for hydroxylation is 1. The van der Waals surface area contributed by atoms with E-state index in [4.69, 9.17) is 0 Å². The Hall–Kier alpha value is -1.02. The van der Waals surface area contributed by atoms with Gasteiger partial charge >= 0.3 is 0 Å². The molecule has 0 aliphatic carbocycles. The summed E-state index contributed by atoms with van der Waals surface area (Å²) in [6, 6.07) is 8.95. The van der Waals surface area contributed by atoms with Gasteiger partial charge in [0.15, 0.2) is 0 Å². The summed E-state index contributed by atoms with van der Waals surface area (Å²) < 4.78 is 0. The molecule has 2 heteroatoms. The van der Waals surface area contributed by atoms with Crippen LogP contribution < -0.4 is 4.90 Å². The molecule has 86 valence electrons. The summed E-state index contributed by atoms with van der Waals surface area (Å²) in [7, 11) is 2.22. The predicted octanol–water partition coefficient (Wildman–Crippen LogP) is 2.14. The number of hydrogen-bond acceptors (Lipinski definition) is 2. The van der Waals surface area contributed by atoms with Gasteiger partial charge in [-0.05, 0) is 32.5 Å². The third-order valence-corrected chi connectivity index (χ3v) is 4.05. The van der Waals surface area contributed by atoms with Crippen LogP contribution in [0.15, 0.2) is 24.3 Å². The first-order valence-electron chi connectivity index (χ1n) is 6.17. The van der Waals surface area contributed by atoms with Crippen molar-refractivity contribution < 1.29 is 0 Å². The lowest BCUT2D eigenvalue weighted by molar-refractivity contribution is 0.0424. The minimum atomic E-state index is 0.611. The highest BCUT2D eigenvalue weighted by Gasteiger charge is 2.45. The van der Waals surface area contributed by atoms with Crippen LogP contribution in [0.4, 0.5) is 5.69 Å². The number of rotatable bonds is 1. The molecule has 2 fully saturated rings. The lowest BCUT2D eigenvalue weighted by Crippen LogP contribution is -2.55. The van der Waals surface area contributed by atoms with E-state index in [1.807, 2.05) is 0 Å². The van der Waals surface area contributed by atoms with E-state index in [0.717, 1.165) is 0 Å². The molecular weight excluding hydrogens is 196 g/mol. The molecule has 2 nitrogen and oxygen atoms in total. The smallest absolute Gasteiger partial charge is 0.0366 e. The van der Waals surface area contributed by atoms with Gasteiger partial charge in [-0.15, -0.1) is 0 Å². The van der Waals surface area contributed by atoms with Crippen molar-refractivity contribution in [3.63, 3.8) is 0 Å². The highest BCUT2D eigenvalue weighted by Crippen LogP contribution is 2.40. The van der Waals surface area contributed by atoms with E-state index in [0.29, 0.717) is 5.41 Å². The van der Waals surface area contributed by atoms with E-state index in [-0.39, 0.29) is 0 Å². The Balaban J connectivity index is 1.72. The van der Waals surface area contributed by atoms with Crippen LogP contribution in [0.3, 0.4) is 0 Å². The summed E-state index contributed by atoms with van der Waals surface area (Å²) in [6.07, 6.45) is 1.37. The lowest BCUT2D eigenvalue weighted by Gasteiger charge is -2.46. The zero-order valence-corrected chi connectivity index (χ0v) is 10.2. The Morgan fingerprint density at radius 3 is 2.38 bits per heavy atom. The first kappa shape index (κ1) is 10.2. The van der Waals surface area contributed by atoms with Crippen molar-refractivity contribution in [1.82, 2.24) is 4.90 Å². The van der Waals surface area contributed by atoms with Crippen LogP contribution in [0.25, 0.3) is 0 Å². The van der Waals surface area contributed by atoms with Crippen molar-refractivity contribution >= 4 is 5.69 Å². The summed E-state index contributed by atoms with van der Waals surface area (Å²) in [5, 5.41) is 0. The monoisotopic (exact) mass is 216 g/mol.